The number of nitrogens with zero attached hydrogens (tertiary/aromatic N) is 3. The maximum Gasteiger partial charge on any atom is 0.423 e. The van der Waals surface area contributed by atoms with Crippen LogP contribution < -0.4 is 15.0 Å². The van der Waals surface area contributed by atoms with E-state index in [-0.39, 0.29) is 26.2 Å². The molecule has 182 valence electrons. The number of carbonyl (C=O) groups excluding carboxylic acids is 1. The lowest BCUT2D eigenvalue weighted by Gasteiger charge is -2.36. The van der Waals surface area contributed by atoms with E-state index in [0.29, 0.717) is 29.4 Å². The number of aliphatic hydroxyl groups is 2. The molecule has 2 aliphatic rings. The number of fused-ring (bicyclic) bond motifs is 1. The zero-order valence-electron chi connectivity index (χ0n) is 18.4. The van der Waals surface area contributed by atoms with Crippen molar-refractivity contribution in [3.8, 4) is 5.75 Å². The van der Waals surface area contributed by atoms with Crippen LogP contribution in [0, 0.1) is 0 Å². The highest BCUT2D eigenvalue weighted by molar-refractivity contribution is 5.81. The monoisotopic (exact) mass is 478 g/mol. The van der Waals surface area contributed by atoms with E-state index in [1.54, 1.807) is 12.1 Å². The Balaban J connectivity index is 1.33. The second kappa shape index (κ2) is 9.51. The van der Waals surface area contributed by atoms with Gasteiger partial charge < -0.3 is 30.1 Å². The van der Waals surface area contributed by atoms with Crippen molar-refractivity contribution in [1.29, 1.82) is 0 Å². The molecule has 11 heteroatoms. The summed E-state index contributed by atoms with van der Waals surface area (Å²) in [7, 11) is 0. The summed E-state index contributed by atoms with van der Waals surface area (Å²) in [5, 5.41) is 22.8. The first-order valence-electron chi connectivity index (χ1n) is 10.8. The first-order valence-corrected chi connectivity index (χ1v) is 10.8. The number of nitrogens with one attached hydrogen (secondary N) is 1. The highest BCUT2D eigenvalue weighted by atomic mass is 19.4. The summed E-state index contributed by atoms with van der Waals surface area (Å²) in [4.78, 5) is 19.0. The molecule has 0 aliphatic carbocycles. The standard InChI is InChI=1S/C23H25F3N4O4/c1-14-12-15-4-2-3-5-17(15)34-19(14)21(32)28-16-6-7-18(27-13-16)29-8-10-30(11-9-29)22(33)20(31)23(24,25)26/h2-7,13,20-21,28,31-32H,8-12H2,1H3. The number of benzene rings is 1. The zero-order chi connectivity index (χ0) is 24.5. The van der Waals surface area contributed by atoms with E-state index in [0.717, 1.165) is 16.0 Å². The molecule has 4 rings (SSSR count). The van der Waals surface area contributed by atoms with Gasteiger partial charge in [0.05, 0.1) is 11.9 Å². The zero-order valence-corrected chi connectivity index (χ0v) is 18.4. The van der Waals surface area contributed by atoms with Crippen LogP contribution in [0.15, 0.2) is 53.9 Å². The van der Waals surface area contributed by atoms with Crippen LogP contribution >= 0.6 is 0 Å². The number of hydrogen-bond acceptors (Lipinski definition) is 7. The summed E-state index contributed by atoms with van der Waals surface area (Å²) < 4.78 is 43.6. The molecule has 3 heterocycles. The largest absolute Gasteiger partial charge is 0.457 e. The lowest BCUT2D eigenvalue weighted by Crippen LogP contribution is -2.54. The molecule has 1 saturated heterocycles. The van der Waals surface area contributed by atoms with Gasteiger partial charge in [-0.15, -0.1) is 0 Å². The Labute approximate surface area is 194 Å². The van der Waals surface area contributed by atoms with E-state index in [1.807, 2.05) is 36.1 Å². The number of para-hydroxylation sites is 1. The van der Waals surface area contributed by atoms with Crippen LogP contribution in [0.2, 0.25) is 0 Å². The van der Waals surface area contributed by atoms with Crippen LogP contribution in [-0.2, 0) is 11.2 Å². The van der Waals surface area contributed by atoms with Crippen molar-refractivity contribution < 1.29 is 32.9 Å². The van der Waals surface area contributed by atoms with Crippen molar-refractivity contribution in [2.75, 3.05) is 36.4 Å². The molecule has 2 atom stereocenters. The Hall–Kier alpha value is -3.31. The number of aliphatic hydroxyl groups excluding tert-OH is 2. The fourth-order valence-corrected chi connectivity index (χ4v) is 3.97. The molecule has 2 aliphatic heterocycles. The Morgan fingerprint density at radius 2 is 1.82 bits per heavy atom. The number of hydrogen-bond donors (Lipinski definition) is 3. The van der Waals surface area contributed by atoms with Gasteiger partial charge in [-0.1, -0.05) is 18.2 Å². The van der Waals surface area contributed by atoms with Crippen LogP contribution in [0.25, 0.3) is 0 Å². The van der Waals surface area contributed by atoms with Gasteiger partial charge in [0.15, 0.2) is 12.0 Å². The summed E-state index contributed by atoms with van der Waals surface area (Å²) in [5.74, 6) is 0.384. The van der Waals surface area contributed by atoms with Gasteiger partial charge in [0.25, 0.3) is 5.91 Å². The Kier molecular flexibility index (Phi) is 6.67. The molecule has 1 amide bonds. The van der Waals surface area contributed by atoms with Crippen LogP contribution in [-0.4, -0.2) is 70.7 Å². The highest BCUT2D eigenvalue weighted by Crippen LogP contribution is 2.31. The van der Waals surface area contributed by atoms with Crippen molar-refractivity contribution in [2.24, 2.45) is 0 Å². The molecule has 1 aromatic carbocycles. The van der Waals surface area contributed by atoms with Gasteiger partial charge in [-0.05, 0) is 36.3 Å². The lowest BCUT2D eigenvalue weighted by atomic mass is 10.0. The predicted octanol–water partition coefficient (Wildman–Crippen LogP) is 2.29. The Morgan fingerprint density at radius 1 is 1.12 bits per heavy atom. The number of rotatable bonds is 5. The van der Waals surface area contributed by atoms with E-state index in [4.69, 9.17) is 9.84 Å². The number of piperazine rings is 1. The number of halogens is 3. The van der Waals surface area contributed by atoms with Crippen LogP contribution in [0.1, 0.15) is 12.5 Å². The third-order valence-corrected chi connectivity index (χ3v) is 5.83. The maximum absolute atomic E-state index is 12.6. The fourth-order valence-electron chi connectivity index (χ4n) is 3.97. The predicted molar refractivity (Wildman–Crippen MR) is 118 cm³/mol. The molecule has 0 radical (unpaired) electrons. The number of carbonyl (C=O) groups is 1. The Morgan fingerprint density at radius 3 is 2.47 bits per heavy atom. The molecular formula is C23H25F3N4O4. The second-order valence-corrected chi connectivity index (χ2v) is 8.24. The number of allylic oxidation sites excluding steroid dienone is 1. The van der Waals surface area contributed by atoms with Gasteiger partial charge in [-0.2, -0.15) is 13.2 Å². The summed E-state index contributed by atoms with van der Waals surface area (Å²) in [6.07, 6.45) is -6.85. The van der Waals surface area contributed by atoms with Gasteiger partial charge in [0, 0.05) is 32.6 Å². The van der Waals surface area contributed by atoms with Gasteiger partial charge in [-0.3, -0.25) is 4.79 Å². The van der Waals surface area contributed by atoms with Crippen molar-refractivity contribution in [3.05, 3.63) is 59.5 Å². The Bertz CT molecular complexity index is 1070. The highest BCUT2D eigenvalue weighted by Gasteiger charge is 2.45. The number of amides is 1. The number of anilines is 2. The van der Waals surface area contributed by atoms with Gasteiger partial charge >= 0.3 is 6.18 Å². The average Bonchev–Trinajstić information content (AvgIpc) is 2.82. The van der Waals surface area contributed by atoms with E-state index in [2.05, 4.69) is 10.3 Å². The molecule has 2 aromatic rings. The summed E-state index contributed by atoms with van der Waals surface area (Å²) >= 11 is 0. The van der Waals surface area contributed by atoms with E-state index in [1.165, 1.54) is 6.20 Å². The topological polar surface area (TPSA) is 98.2 Å². The molecule has 1 fully saturated rings. The molecule has 3 N–H and O–H groups in total. The number of ether oxygens (including phenoxy) is 1. The SMILES string of the molecule is CC1=C(C(O)Nc2ccc(N3CCN(C(=O)C(O)C(F)(F)F)CC3)nc2)Oc2ccccc2C1. The lowest BCUT2D eigenvalue weighted by molar-refractivity contribution is -0.210. The molecule has 34 heavy (non-hydrogen) atoms. The third kappa shape index (κ3) is 5.10. The summed E-state index contributed by atoms with van der Waals surface area (Å²) in [5.41, 5.74) is 2.52. The quantitative estimate of drug-likeness (QED) is 0.568. The van der Waals surface area contributed by atoms with Gasteiger partial charge in [-0.25, -0.2) is 4.98 Å². The molecule has 8 nitrogen and oxygen atoms in total. The number of aromatic nitrogens is 1. The molecule has 0 saturated carbocycles. The van der Waals surface area contributed by atoms with Crippen LogP contribution in [0.3, 0.4) is 0 Å². The first kappa shape index (κ1) is 23.8. The number of pyridine rings is 1. The van der Waals surface area contributed by atoms with E-state index < -0.39 is 24.4 Å². The minimum Gasteiger partial charge on any atom is -0.457 e. The molecule has 1 aromatic heterocycles. The van der Waals surface area contributed by atoms with Crippen LogP contribution in [0.4, 0.5) is 24.7 Å². The van der Waals surface area contributed by atoms with Gasteiger partial charge in [0.1, 0.15) is 11.6 Å². The van der Waals surface area contributed by atoms with Crippen molar-refractivity contribution in [1.82, 2.24) is 9.88 Å². The van der Waals surface area contributed by atoms with Crippen molar-refractivity contribution in [3.63, 3.8) is 0 Å². The van der Waals surface area contributed by atoms with Crippen molar-refractivity contribution >= 4 is 17.4 Å². The fraction of sp³-hybridized carbons (Fsp3) is 0.391. The minimum absolute atomic E-state index is 0.0403. The smallest absolute Gasteiger partial charge is 0.423 e. The maximum atomic E-state index is 12.6. The molecule has 2 unspecified atom stereocenters. The summed E-state index contributed by atoms with van der Waals surface area (Å²) in [6, 6.07) is 11.1. The van der Waals surface area contributed by atoms with Gasteiger partial charge in [0.2, 0.25) is 6.10 Å². The van der Waals surface area contributed by atoms with Crippen LogP contribution in [0.5, 0.6) is 5.75 Å². The summed E-state index contributed by atoms with van der Waals surface area (Å²) in [6.45, 7) is 2.53. The third-order valence-electron chi connectivity index (χ3n) is 5.83. The number of alkyl halides is 3. The van der Waals surface area contributed by atoms with E-state index in [9.17, 15) is 23.1 Å². The second-order valence-electron chi connectivity index (χ2n) is 8.24. The molecular weight excluding hydrogens is 453 g/mol. The normalized spacial score (nSPS) is 18.2. The minimum atomic E-state index is -4.98. The van der Waals surface area contributed by atoms with E-state index >= 15 is 0 Å². The molecule has 0 spiro atoms. The average molecular weight is 478 g/mol. The van der Waals surface area contributed by atoms with Crippen molar-refractivity contribution in [2.45, 2.75) is 31.9 Å². The molecule has 0 bridgehead atoms. The first-order chi connectivity index (χ1) is 16.1.